The van der Waals surface area contributed by atoms with Crippen LogP contribution in [0.2, 0.25) is 0 Å². The van der Waals surface area contributed by atoms with Crippen molar-refractivity contribution in [2.24, 2.45) is 0 Å². The minimum Gasteiger partial charge on any atom is -0.494 e. The van der Waals surface area contributed by atoms with Gasteiger partial charge in [-0.3, -0.25) is 4.79 Å². The number of benzene rings is 2. The van der Waals surface area contributed by atoms with Crippen molar-refractivity contribution in [2.45, 2.75) is 105 Å². The molecule has 2 aromatic carbocycles. The standard InChI is InChI=1S/C17H26O.C11H16O.C4H10O/c1-5-12-17(13-6-2,16(18)7-3)15-11-9-8-10-14(15)4;1-3-4-9-12-11-7-5-10(2)6-8-11;1-3-4-5-2/h8-11H,5-7,12-13H2,1-4H3;5-8H,3-4,9H2,1-2H3;3-4H2,1-2H3. The van der Waals surface area contributed by atoms with E-state index in [2.05, 4.69) is 77.9 Å². The van der Waals surface area contributed by atoms with Crippen LogP contribution in [0.15, 0.2) is 48.5 Å². The molecule has 0 spiro atoms. The number of aryl methyl sites for hydroxylation is 2. The van der Waals surface area contributed by atoms with Crippen LogP contribution in [-0.2, 0) is 14.9 Å². The molecular formula is C32H52O3. The first kappa shape index (κ1) is 32.9. The second-order valence-electron chi connectivity index (χ2n) is 9.18. The van der Waals surface area contributed by atoms with Gasteiger partial charge in [-0.25, -0.2) is 0 Å². The van der Waals surface area contributed by atoms with Gasteiger partial charge in [0.1, 0.15) is 11.5 Å². The summed E-state index contributed by atoms with van der Waals surface area (Å²) in [6.45, 7) is 16.5. The highest BCUT2D eigenvalue weighted by Gasteiger charge is 2.37. The fraction of sp³-hybridized carbons (Fsp3) is 0.594. The quantitative estimate of drug-likeness (QED) is 0.266. The third-order valence-corrected chi connectivity index (χ3v) is 6.06. The van der Waals surface area contributed by atoms with Gasteiger partial charge in [0.25, 0.3) is 0 Å². The summed E-state index contributed by atoms with van der Waals surface area (Å²) >= 11 is 0. The summed E-state index contributed by atoms with van der Waals surface area (Å²) in [5, 5.41) is 0. The maximum Gasteiger partial charge on any atom is 0.143 e. The first-order valence-corrected chi connectivity index (χ1v) is 13.6. The first-order valence-electron chi connectivity index (χ1n) is 13.6. The number of rotatable bonds is 13. The van der Waals surface area contributed by atoms with E-state index in [4.69, 9.17) is 9.47 Å². The molecule has 198 valence electrons. The van der Waals surface area contributed by atoms with E-state index >= 15 is 0 Å². The zero-order valence-corrected chi connectivity index (χ0v) is 23.9. The molecular weight excluding hydrogens is 432 g/mol. The van der Waals surface area contributed by atoms with Gasteiger partial charge in [-0.2, -0.15) is 0 Å². The molecule has 0 N–H and O–H groups in total. The number of hydrogen-bond donors (Lipinski definition) is 0. The highest BCUT2D eigenvalue weighted by Crippen LogP contribution is 2.38. The third-order valence-electron chi connectivity index (χ3n) is 6.06. The van der Waals surface area contributed by atoms with Gasteiger partial charge >= 0.3 is 0 Å². The van der Waals surface area contributed by atoms with Crippen molar-refractivity contribution in [3.8, 4) is 5.75 Å². The molecule has 0 saturated heterocycles. The number of carbonyl (C=O) groups excluding carboxylic acids is 1. The molecule has 0 aromatic heterocycles. The molecule has 0 aliphatic carbocycles. The predicted molar refractivity (Wildman–Crippen MR) is 152 cm³/mol. The van der Waals surface area contributed by atoms with Crippen LogP contribution in [0, 0.1) is 13.8 Å². The second-order valence-corrected chi connectivity index (χ2v) is 9.18. The van der Waals surface area contributed by atoms with Gasteiger partial charge in [-0.15, -0.1) is 0 Å². The number of ketones is 1. The first-order chi connectivity index (χ1) is 16.9. The van der Waals surface area contributed by atoms with Gasteiger partial charge in [0.05, 0.1) is 12.0 Å². The summed E-state index contributed by atoms with van der Waals surface area (Å²) in [6.07, 6.45) is 8.13. The number of methoxy groups -OCH3 is 1. The minimum atomic E-state index is -0.246. The van der Waals surface area contributed by atoms with Gasteiger partial charge < -0.3 is 9.47 Å². The van der Waals surface area contributed by atoms with Crippen LogP contribution < -0.4 is 4.74 Å². The van der Waals surface area contributed by atoms with Crippen LogP contribution in [0.4, 0.5) is 0 Å². The van der Waals surface area contributed by atoms with Crippen molar-refractivity contribution in [3.63, 3.8) is 0 Å². The van der Waals surface area contributed by atoms with E-state index in [1.165, 1.54) is 23.1 Å². The molecule has 2 aromatic rings. The Balaban J connectivity index is 0.000000583. The van der Waals surface area contributed by atoms with Gasteiger partial charge in [-0.1, -0.05) is 95.8 Å². The Kier molecular flexibility index (Phi) is 18.9. The molecule has 0 fully saturated rings. The fourth-order valence-corrected chi connectivity index (χ4v) is 4.30. The van der Waals surface area contributed by atoms with Crippen molar-refractivity contribution in [1.82, 2.24) is 0 Å². The lowest BCUT2D eigenvalue weighted by molar-refractivity contribution is -0.125. The molecule has 0 aliphatic rings. The Morgan fingerprint density at radius 3 is 1.80 bits per heavy atom. The molecule has 0 atom stereocenters. The average molecular weight is 485 g/mol. The molecule has 35 heavy (non-hydrogen) atoms. The zero-order chi connectivity index (χ0) is 26.5. The molecule has 0 unspecified atom stereocenters. The van der Waals surface area contributed by atoms with Crippen molar-refractivity contribution < 1.29 is 14.3 Å². The van der Waals surface area contributed by atoms with Crippen molar-refractivity contribution in [1.29, 1.82) is 0 Å². The smallest absolute Gasteiger partial charge is 0.143 e. The Bertz CT molecular complexity index is 772. The number of carbonyl (C=O) groups is 1. The Morgan fingerprint density at radius 1 is 0.771 bits per heavy atom. The van der Waals surface area contributed by atoms with Crippen LogP contribution in [0.3, 0.4) is 0 Å². The van der Waals surface area contributed by atoms with E-state index in [9.17, 15) is 4.79 Å². The van der Waals surface area contributed by atoms with Gasteiger partial charge in [0, 0.05) is 20.1 Å². The van der Waals surface area contributed by atoms with Crippen molar-refractivity contribution in [3.05, 3.63) is 65.2 Å². The average Bonchev–Trinajstić information content (AvgIpc) is 2.86. The Hall–Kier alpha value is -2.13. The van der Waals surface area contributed by atoms with E-state index in [1.807, 2.05) is 19.1 Å². The lowest BCUT2D eigenvalue weighted by atomic mass is 9.68. The number of ether oxygens (including phenoxy) is 2. The summed E-state index contributed by atoms with van der Waals surface area (Å²) in [5.41, 5.74) is 3.53. The van der Waals surface area contributed by atoms with Gasteiger partial charge in [-0.05, 0) is 62.8 Å². The molecule has 3 nitrogen and oxygen atoms in total. The predicted octanol–water partition coefficient (Wildman–Crippen LogP) is 9.03. The fourth-order valence-electron chi connectivity index (χ4n) is 4.30. The Morgan fingerprint density at radius 2 is 1.37 bits per heavy atom. The summed E-state index contributed by atoms with van der Waals surface area (Å²) in [4.78, 5) is 12.6. The monoisotopic (exact) mass is 484 g/mol. The maximum atomic E-state index is 12.6. The molecule has 0 amide bonds. The van der Waals surface area contributed by atoms with Gasteiger partial charge in [0.2, 0.25) is 0 Å². The van der Waals surface area contributed by atoms with Gasteiger partial charge in [0.15, 0.2) is 0 Å². The second kappa shape index (κ2) is 20.1. The van der Waals surface area contributed by atoms with E-state index in [1.54, 1.807) is 7.11 Å². The molecule has 3 heteroatoms. The topological polar surface area (TPSA) is 35.5 Å². The lowest BCUT2D eigenvalue weighted by Crippen LogP contribution is -2.36. The highest BCUT2D eigenvalue weighted by atomic mass is 16.5. The van der Waals surface area contributed by atoms with Crippen LogP contribution in [-0.4, -0.2) is 26.1 Å². The molecule has 0 saturated carbocycles. The highest BCUT2D eigenvalue weighted by molar-refractivity contribution is 5.90. The minimum absolute atomic E-state index is 0.246. The van der Waals surface area contributed by atoms with Crippen molar-refractivity contribution >= 4 is 5.78 Å². The maximum absolute atomic E-state index is 12.6. The summed E-state index contributed by atoms with van der Waals surface area (Å²) < 4.78 is 10.2. The summed E-state index contributed by atoms with van der Waals surface area (Å²) in [6, 6.07) is 16.6. The summed E-state index contributed by atoms with van der Waals surface area (Å²) in [7, 11) is 1.71. The van der Waals surface area contributed by atoms with Crippen LogP contribution in [0.1, 0.15) is 103 Å². The third kappa shape index (κ3) is 12.4. The normalized spacial score (nSPS) is 10.5. The van der Waals surface area contributed by atoms with E-state index in [0.29, 0.717) is 12.2 Å². The van der Waals surface area contributed by atoms with E-state index in [-0.39, 0.29) is 5.41 Å². The SMILES string of the molecule is CCCC(CCC)(C(=O)CC)c1ccccc1C.CCCCOc1ccc(C)cc1.CCCOC. The Labute approximate surface area is 216 Å². The number of unbranched alkanes of at least 4 members (excludes halogenated alkanes) is 1. The largest absolute Gasteiger partial charge is 0.494 e. The molecule has 0 heterocycles. The summed E-state index contributed by atoms with van der Waals surface area (Å²) in [5.74, 6) is 1.38. The number of hydrogen-bond acceptors (Lipinski definition) is 3. The van der Waals surface area contributed by atoms with Crippen LogP contribution in [0.5, 0.6) is 5.75 Å². The molecule has 0 aliphatic heterocycles. The zero-order valence-electron chi connectivity index (χ0n) is 23.9. The lowest BCUT2D eigenvalue weighted by Gasteiger charge is -2.34. The van der Waals surface area contributed by atoms with E-state index < -0.39 is 0 Å². The van der Waals surface area contributed by atoms with Crippen molar-refractivity contribution in [2.75, 3.05) is 20.3 Å². The molecule has 2 rings (SSSR count). The molecule has 0 radical (unpaired) electrons. The van der Waals surface area contributed by atoms with Crippen LogP contribution in [0.25, 0.3) is 0 Å². The number of Topliss-reactive ketones (excluding diaryl/α,β-unsaturated/α-hetero) is 1. The van der Waals surface area contributed by atoms with E-state index in [0.717, 1.165) is 57.5 Å². The molecule has 0 bridgehead atoms. The van der Waals surface area contributed by atoms with Crippen LogP contribution >= 0.6 is 0 Å².